The Hall–Kier alpha value is -4.81. The topological polar surface area (TPSA) is 138 Å². The third-order valence-corrected chi connectivity index (χ3v) is 10.4. The Labute approximate surface area is 304 Å². The summed E-state index contributed by atoms with van der Waals surface area (Å²) in [6.07, 6.45) is 5.21. The number of carboxylic acids is 1. The van der Waals surface area contributed by atoms with Crippen molar-refractivity contribution < 1.29 is 19.4 Å². The molecule has 5 heterocycles. The fourth-order valence-electron chi connectivity index (χ4n) is 6.85. The minimum atomic E-state index is -0.808. The number of carbonyl (C=O) groups is 2. The van der Waals surface area contributed by atoms with Crippen molar-refractivity contribution in [3.05, 3.63) is 105 Å². The maximum atomic E-state index is 13.3. The Morgan fingerprint density at radius 2 is 1.75 bits per heavy atom. The van der Waals surface area contributed by atoms with Crippen LogP contribution in [-0.4, -0.2) is 69.0 Å². The molecule has 5 aromatic rings. The van der Waals surface area contributed by atoms with Crippen LogP contribution in [-0.2, 0) is 22.7 Å². The molecule has 7 rings (SSSR count). The van der Waals surface area contributed by atoms with Crippen LogP contribution < -0.4 is 20.9 Å². The van der Waals surface area contributed by atoms with Crippen LogP contribution in [0.2, 0.25) is 10.0 Å². The molecule has 3 N–H and O–H groups in total. The Morgan fingerprint density at radius 3 is 2.45 bits per heavy atom. The highest BCUT2D eigenvalue weighted by Gasteiger charge is 2.28. The van der Waals surface area contributed by atoms with Gasteiger partial charge < -0.3 is 20.5 Å². The smallest absolute Gasteiger partial charge is 0.307 e. The van der Waals surface area contributed by atoms with Crippen molar-refractivity contribution in [2.45, 2.75) is 38.4 Å². The molecule has 2 atom stereocenters. The minimum Gasteiger partial charge on any atom is -0.481 e. The molecule has 0 unspecified atom stereocenters. The Balaban J connectivity index is 1.12. The molecule has 11 nitrogen and oxygen atoms in total. The van der Waals surface area contributed by atoms with Gasteiger partial charge in [0.1, 0.15) is 5.65 Å². The SMILES string of the molecule is COc1nc(-c2cccc(-c3cccc(-c4ccn5c(=O)c(CN6CC[C@H](C(=O)O)C6)cnc5c4)c3Cl)c2Cl)ccc1CNC[C@H]1CCC(=O)N1. The van der Waals surface area contributed by atoms with Crippen molar-refractivity contribution in [2.75, 3.05) is 26.7 Å². The molecule has 0 spiro atoms. The summed E-state index contributed by atoms with van der Waals surface area (Å²) in [5.74, 6) is -0.653. The van der Waals surface area contributed by atoms with Crippen LogP contribution in [0.3, 0.4) is 0 Å². The van der Waals surface area contributed by atoms with Gasteiger partial charge in [0, 0.05) is 78.9 Å². The molecule has 0 aliphatic carbocycles. The van der Waals surface area contributed by atoms with Gasteiger partial charge in [-0.2, -0.15) is 0 Å². The van der Waals surface area contributed by atoms with Gasteiger partial charge in [-0.05, 0) is 43.1 Å². The van der Waals surface area contributed by atoms with Gasteiger partial charge >= 0.3 is 5.97 Å². The number of benzene rings is 2. The zero-order valence-corrected chi connectivity index (χ0v) is 29.4. The van der Waals surface area contributed by atoms with Crippen molar-refractivity contribution in [3.63, 3.8) is 0 Å². The largest absolute Gasteiger partial charge is 0.481 e. The third-order valence-electron chi connectivity index (χ3n) is 9.59. The molecule has 51 heavy (non-hydrogen) atoms. The number of fused-ring (bicyclic) bond motifs is 1. The Kier molecular flexibility index (Phi) is 10.1. The molecule has 2 aromatic carbocycles. The van der Waals surface area contributed by atoms with Crippen LogP contribution in [0.4, 0.5) is 0 Å². The summed E-state index contributed by atoms with van der Waals surface area (Å²) in [6, 6.07) is 19.1. The molecular weight excluding hydrogens is 691 g/mol. The monoisotopic (exact) mass is 726 g/mol. The number of halogens is 2. The van der Waals surface area contributed by atoms with Gasteiger partial charge in [-0.15, -0.1) is 0 Å². The first-order valence-corrected chi connectivity index (χ1v) is 17.5. The molecule has 0 bridgehead atoms. The average molecular weight is 728 g/mol. The van der Waals surface area contributed by atoms with E-state index < -0.39 is 11.9 Å². The highest BCUT2D eigenvalue weighted by atomic mass is 35.5. The summed E-state index contributed by atoms with van der Waals surface area (Å²) in [6.45, 7) is 2.58. The number of aliphatic carboxylic acids is 1. The second-order valence-corrected chi connectivity index (χ2v) is 13.7. The van der Waals surface area contributed by atoms with E-state index in [1.165, 1.54) is 4.40 Å². The lowest BCUT2D eigenvalue weighted by Crippen LogP contribution is -2.35. The van der Waals surface area contributed by atoms with E-state index in [0.717, 1.165) is 39.8 Å². The van der Waals surface area contributed by atoms with E-state index in [9.17, 15) is 19.5 Å². The van der Waals surface area contributed by atoms with Crippen molar-refractivity contribution in [1.82, 2.24) is 29.9 Å². The van der Waals surface area contributed by atoms with E-state index in [1.54, 1.807) is 19.5 Å². The standard InChI is InChI=1S/C38H36Cl2N6O5/c1-51-36-23(17-41-19-26-9-11-33(47)43-26)8-10-31(44-36)30-7-3-6-29(35(30)40)28-5-2-4-27(34(28)39)22-13-15-46-32(16-22)42-18-25(37(46)48)21-45-14-12-24(20-45)38(49)50/h2-8,10,13,15-16,18,24,26,41H,9,11-12,14,17,19-21H2,1H3,(H,43,47)(H,49,50)/t24-,26+/m0/s1. The summed E-state index contributed by atoms with van der Waals surface area (Å²) in [5.41, 5.74) is 6.04. The lowest BCUT2D eigenvalue weighted by Gasteiger charge is -2.16. The van der Waals surface area contributed by atoms with Gasteiger partial charge in [-0.1, -0.05) is 65.7 Å². The molecule has 0 radical (unpaired) electrons. The second kappa shape index (κ2) is 14.8. The number of nitrogens with zero attached hydrogens (tertiary/aromatic N) is 4. The van der Waals surface area contributed by atoms with E-state index in [4.69, 9.17) is 32.9 Å². The number of amides is 1. The Morgan fingerprint density at radius 1 is 1.00 bits per heavy atom. The van der Waals surface area contributed by atoms with E-state index >= 15 is 0 Å². The molecule has 3 aromatic heterocycles. The number of rotatable bonds is 11. The molecule has 2 fully saturated rings. The van der Waals surface area contributed by atoms with Crippen LogP contribution in [0.1, 0.15) is 30.4 Å². The summed E-state index contributed by atoms with van der Waals surface area (Å²) < 4.78 is 7.14. The zero-order valence-electron chi connectivity index (χ0n) is 27.9. The number of hydrogen-bond donors (Lipinski definition) is 3. The number of likely N-dealkylation sites (tertiary alicyclic amines) is 1. The van der Waals surface area contributed by atoms with Gasteiger partial charge in [0.2, 0.25) is 11.8 Å². The van der Waals surface area contributed by atoms with E-state index in [-0.39, 0.29) is 17.5 Å². The van der Waals surface area contributed by atoms with E-state index in [1.807, 2.05) is 65.6 Å². The number of carbonyl (C=O) groups excluding carboxylic acids is 1. The first kappa shape index (κ1) is 34.6. The lowest BCUT2D eigenvalue weighted by atomic mass is 9.97. The van der Waals surface area contributed by atoms with E-state index in [2.05, 4.69) is 15.6 Å². The Bertz CT molecular complexity index is 2210. The van der Waals surface area contributed by atoms with Gasteiger partial charge in [0.05, 0.1) is 34.3 Å². The van der Waals surface area contributed by atoms with Crippen LogP contribution in [0.5, 0.6) is 5.88 Å². The van der Waals surface area contributed by atoms with Gasteiger partial charge in [-0.3, -0.25) is 23.7 Å². The van der Waals surface area contributed by atoms with Crippen LogP contribution in [0.15, 0.2) is 77.9 Å². The molecule has 262 valence electrons. The van der Waals surface area contributed by atoms with E-state index in [0.29, 0.717) is 78.4 Å². The minimum absolute atomic E-state index is 0.0880. The summed E-state index contributed by atoms with van der Waals surface area (Å²) in [5, 5.41) is 16.7. The summed E-state index contributed by atoms with van der Waals surface area (Å²) in [4.78, 5) is 47.5. The van der Waals surface area contributed by atoms with Gasteiger partial charge in [0.15, 0.2) is 0 Å². The van der Waals surface area contributed by atoms with Crippen molar-refractivity contribution >= 4 is 40.7 Å². The maximum absolute atomic E-state index is 13.3. The second-order valence-electron chi connectivity index (χ2n) is 12.9. The molecule has 2 saturated heterocycles. The van der Waals surface area contributed by atoms with Crippen molar-refractivity contribution in [2.24, 2.45) is 5.92 Å². The molecule has 0 saturated carbocycles. The number of pyridine rings is 2. The molecule has 1 amide bonds. The number of carboxylic acid groups (broad SMARTS) is 1. The first-order chi connectivity index (χ1) is 24.7. The first-order valence-electron chi connectivity index (χ1n) is 16.8. The number of nitrogens with one attached hydrogen (secondary N) is 2. The molecule has 13 heteroatoms. The highest BCUT2D eigenvalue weighted by Crippen LogP contribution is 2.42. The third kappa shape index (κ3) is 7.20. The quantitative estimate of drug-likeness (QED) is 0.157. The van der Waals surface area contributed by atoms with Crippen LogP contribution >= 0.6 is 23.2 Å². The van der Waals surface area contributed by atoms with Gasteiger partial charge in [-0.25, -0.2) is 9.97 Å². The predicted octanol–water partition coefficient (Wildman–Crippen LogP) is 5.68. The fourth-order valence-corrected chi connectivity index (χ4v) is 7.51. The maximum Gasteiger partial charge on any atom is 0.307 e. The molecule has 2 aliphatic rings. The van der Waals surface area contributed by atoms with Crippen molar-refractivity contribution in [3.8, 4) is 39.4 Å². The van der Waals surface area contributed by atoms with Gasteiger partial charge in [0.25, 0.3) is 5.56 Å². The van der Waals surface area contributed by atoms with Crippen LogP contribution in [0, 0.1) is 5.92 Å². The molecule has 2 aliphatic heterocycles. The van der Waals surface area contributed by atoms with Crippen molar-refractivity contribution in [1.29, 1.82) is 0 Å². The molecular formula is C38H36Cl2N6O5. The number of aromatic nitrogens is 3. The fraction of sp³-hybridized carbons (Fsp3) is 0.289. The highest BCUT2D eigenvalue weighted by molar-refractivity contribution is 6.39. The number of ether oxygens (including phenoxy) is 1. The average Bonchev–Trinajstić information content (AvgIpc) is 3.79. The summed E-state index contributed by atoms with van der Waals surface area (Å²) in [7, 11) is 1.58. The summed E-state index contributed by atoms with van der Waals surface area (Å²) >= 11 is 14.2. The lowest BCUT2D eigenvalue weighted by molar-refractivity contribution is -0.141. The number of methoxy groups -OCH3 is 1. The normalized spacial score (nSPS) is 17.6. The number of hydrogen-bond acceptors (Lipinski definition) is 8. The van der Waals surface area contributed by atoms with Crippen LogP contribution in [0.25, 0.3) is 39.2 Å². The predicted molar refractivity (Wildman–Crippen MR) is 196 cm³/mol. The zero-order chi connectivity index (χ0) is 35.6.